The molecule has 0 bridgehead atoms. The Labute approximate surface area is 159 Å². The van der Waals surface area contributed by atoms with Gasteiger partial charge >= 0.3 is 0 Å². The average molecular weight is 381 g/mol. The van der Waals surface area contributed by atoms with Gasteiger partial charge in [0.1, 0.15) is 17.5 Å². The second-order valence-corrected chi connectivity index (χ2v) is 6.69. The summed E-state index contributed by atoms with van der Waals surface area (Å²) in [6.07, 6.45) is 0.589. The van der Waals surface area contributed by atoms with Crippen molar-refractivity contribution in [3.63, 3.8) is 0 Å². The van der Waals surface area contributed by atoms with Crippen LogP contribution in [0.15, 0.2) is 53.3 Å². The van der Waals surface area contributed by atoms with E-state index in [9.17, 15) is 18.4 Å². The summed E-state index contributed by atoms with van der Waals surface area (Å²) in [4.78, 5) is 33.8. The monoisotopic (exact) mass is 381 g/mol. The number of amides is 1. The highest BCUT2D eigenvalue weighted by molar-refractivity contribution is 5.94. The van der Waals surface area contributed by atoms with Gasteiger partial charge in [-0.2, -0.15) is 0 Å². The van der Waals surface area contributed by atoms with Crippen LogP contribution in [0.3, 0.4) is 0 Å². The average Bonchev–Trinajstić information content (AvgIpc) is 2.69. The number of nitrogens with zero attached hydrogens (tertiary/aromatic N) is 2. The van der Waals surface area contributed by atoms with Crippen LogP contribution in [-0.4, -0.2) is 27.3 Å². The second kappa shape index (κ2) is 7.34. The SMILES string of the molecule is O=C(c1cccc(F)c1)N1CCc2nc(Cc3ccccc3F)[nH]c(=O)c2C1. The highest BCUT2D eigenvalue weighted by atomic mass is 19.1. The van der Waals surface area contributed by atoms with E-state index in [-0.39, 0.29) is 35.8 Å². The standard InChI is InChI=1S/C21H17F2N3O2/c22-15-6-3-5-14(10-15)21(28)26-9-8-18-16(12-26)20(27)25-19(24-18)11-13-4-1-2-7-17(13)23/h1-7,10H,8-9,11-12H2,(H,24,25,27). The largest absolute Gasteiger partial charge is 0.334 e. The number of halogens is 2. The number of fused-ring (bicyclic) bond motifs is 1. The highest BCUT2D eigenvalue weighted by Crippen LogP contribution is 2.18. The number of hydrogen-bond acceptors (Lipinski definition) is 3. The van der Waals surface area contributed by atoms with Gasteiger partial charge in [-0.1, -0.05) is 24.3 Å². The van der Waals surface area contributed by atoms with Gasteiger partial charge in [-0.15, -0.1) is 0 Å². The molecule has 0 aliphatic carbocycles. The number of H-pyrrole nitrogens is 1. The molecule has 1 aliphatic rings. The molecule has 3 aromatic rings. The summed E-state index contributed by atoms with van der Waals surface area (Å²) in [6, 6.07) is 11.8. The van der Waals surface area contributed by atoms with Crippen LogP contribution in [0.5, 0.6) is 0 Å². The molecule has 0 radical (unpaired) electrons. The Balaban J connectivity index is 1.57. The molecule has 2 heterocycles. The molecule has 0 spiro atoms. The fraction of sp³-hybridized carbons (Fsp3) is 0.190. The van der Waals surface area contributed by atoms with E-state index in [1.807, 2.05) is 0 Å². The van der Waals surface area contributed by atoms with Crippen molar-refractivity contribution in [3.8, 4) is 0 Å². The normalized spacial score (nSPS) is 13.3. The lowest BCUT2D eigenvalue weighted by Gasteiger charge is -2.28. The number of carbonyl (C=O) groups is 1. The van der Waals surface area contributed by atoms with E-state index in [0.717, 1.165) is 0 Å². The van der Waals surface area contributed by atoms with Crippen LogP contribution in [0.2, 0.25) is 0 Å². The van der Waals surface area contributed by atoms with Crippen molar-refractivity contribution < 1.29 is 13.6 Å². The Hall–Kier alpha value is -3.35. The second-order valence-electron chi connectivity index (χ2n) is 6.69. The van der Waals surface area contributed by atoms with Gasteiger partial charge in [-0.3, -0.25) is 9.59 Å². The number of carbonyl (C=O) groups excluding carboxylic acids is 1. The molecule has 1 amide bonds. The summed E-state index contributed by atoms with van der Waals surface area (Å²) in [5.74, 6) is -0.783. The smallest absolute Gasteiger partial charge is 0.256 e. The molecule has 2 aromatic carbocycles. The van der Waals surface area contributed by atoms with E-state index in [0.29, 0.717) is 35.6 Å². The lowest BCUT2D eigenvalue weighted by atomic mass is 10.0. The van der Waals surface area contributed by atoms with E-state index >= 15 is 0 Å². The molecule has 1 aromatic heterocycles. The van der Waals surface area contributed by atoms with Crippen molar-refractivity contribution in [2.45, 2.75) is 19.4 Å². The van der Waals surface area contributed by atoms with Crippen molar-refractivity contribution in [1.29, 1.82) is 0 Å². The molecular formula is C21H17F2N3O2. The Morgan fingerprint density at radius 3 is 2.75 bits per heavy atom. The number of aromatic nitrogens is 2. The summed E-state index contributed by atoms with van der Waals surface area (Å²) in [5, 5.41) is 0. The molecule has 0 saturated carbocycles. The number of hydrogen-bond donors (Lipinski definition) is 1. The Morgan fingerprint density at radius 2 is 1.96 bits per heavy atom. The minimum Gasteiger partial charge on any atom is -0.334 e. The van der Waals surface area contributed by atoms with Gasteiger partial charge in [0.05, 0.1) is 17.8 Å². The van der Waals surface area contributed by atoms with Crippen molar-refractivity contribution >= 4 is 5.91 Å². The fourth-order valence-electron chi connectivity index (χ4n) is 3.36. The molecule has 0 atom stereocenters. The lowest BCUT2D eigenvalue weighted by Crippen LogP contribution is -2.39. The Morgan fingerprint density at radius 1 is 1.14 bits per heavy atom. The zero-order valence-corrected chi connectivity index (χ0v) is 14.9. The van der Waals surface area contributed by atoms with Crippen LogP contribution in [-0.2, 0) is 19.4 Å². The maximum absolute atomic E-state index is 13.9. The summed E-state index contributed by atoms with van der Waals surface area (Å²) >= 11 is 0. The third-order valence-electron chi connectivity index (χ3n) is 4.79. The Bertz CT molecular complexity index is 1110. The van der Waals surface area contributed by atoms with Crippen LogP contribution >= 0.6 is 0 Å². The van der Waals surface area contributed by atoms with E-state index < -0.39 is 5.82 Å². The van der Waals surface area contributed by atoms with Gasteiger partial charge in [-0.05, 0) is 29.8 Å². The van der Waals surface area contributed by atoms with Gasteiger partial charge in [0.25, 0.3) is 11.5 Å². The molecule has 0 saturated heterocycles. The van der Waals surface area contributed by atoms with Crippen LogP contribution in [0.1, 0.15) is 33.0 Å². The zero-order chi connectivity index (χ0) is 19.7. The number of nitrogens with one attached hydrogen (secondary N) is 1. The predicted molar refractivity (Wildman–Crippen MR) is 98.9 cm³/mol. The van der Waals surface area contributed by atoms with Crippen molar-refractivity contribution in [3.05, 3.63) is 98.7 Å². The number of rotatable bonds is 3. The highest BCUT2D eigenvalue weighted by Gasteiger charge is 2.25. The maximum atomic E-state index is 13.9. The van der Waals surface area contributed by atoms with Crippen LogP contribution < -0.4 is 5.56 Å². The van der Waals surface area contributed by atoms with Gasteiger partial charge in [-0.25, -0.2) is 13.8 Å². The first-order valence-corrected chi connectivity index (χ1v) is 8.90. The van der Waals surface area contributed by atoms with E-state index in [2.05, 4.69) is 9.97 Å². The molecule has 142 valence electrons. The first-order chi connectivity index (χ1) is 13.5. The van der Waals surface area contributed by atoms with Gasteiger partial charge in [0.15, 0.2) is 0 Å². The quantitative estimate of drug-likeness (QED) is 0.759. The van der Waals surface area contributed by atoms with Crippen LogP contribution in [0, 0.1) is 11.6 Å². The van der Waals surface area contributed by atoms with Crippen molar-refractivity contribution in [1.82, 2.24) is 14.9 Å². The molecule has 0 unspecified atom stereocenters. The molecule has 4 rings (SSSR count). The predicted octanol–water partition coefficient (Wildman–Crippen LogP) is 2.84. The summed E-state index contributed by atoms with van der Waals surface area (Å²) in [6.45, 7) is 0.477. The van der Waals surface area contributed by atoms with E-state index in [1.54, 1.807) is 24.3 Å². The lowest BCUT2D eigenvalue weighted by molar-refractivity contribution is 0.0732. The van der Waals surface area contributed by atoms with Crippen LogP contribution in [0.25, 0.3) is 0 Å². The van der Waals surface area contributed by atoms with Crippen molar-refractivity contribution in [2.75, 3.05) is 6.54 Å². The minimum absolute atomic E-state index is 0.104. The van der Waals surface area contributed by atoms with E-state index in [4.69, 9.17) is 0 Å². The molecule has 28 heavy (non-hydrogen) atoms. The van der Waals surface area contributed by atoms with Gasteiger partial charge in [0, 0.05) is 24.9 Å². The molecule has 0 fully saturated rings. The van der Waals surface area contributed by atoms with Crippen LogP contribution in [0.4, 0.5) is 8.78 Å². The molecule has 7 heteroatoms. The number of benzene rings is 2. The van der Waals surface area contributed by atoms with Gasteiger partial charge in [0.2, 0.25) is 0 Å². The fourth-order valence-corrected chi connectivity index (χ4v) is 3.36. The first kappa shape index (κ1) is 18.0. The summed E-state index contributed by atoms with van der Waals surface area (Å²) in [7, 11) is 0. The molecular weight excluding hydrogens is 364 g/mol. The first-order valence-electron chi connectivity index (χ1n) is 8.90. The molecule has 1 N–H and O–H groups in total. The third-order valence-corrected chi connectivity index (χ3v) is 4.79. The summed E-state index contributed by atoms with van der Waals surface area (Å²) in [5.41, 5.74) is 1.37. The van der Waals surface area contributed by atoms with Crippen molar-refractivity contribution in [2.24, 2.45) is 0 Å². The topological polar surface area (TPSA) is 66.1 Å². The van der Waals surface area contributed by atoms with Gasteiger partial charge < -0.3 is 9.88 Å². The third kappa shape index (κ3) is 3.55. The Kier molecular flexibility index (Phi) is 4.73. The molecule has 5 nitrogen and oxygen atoms in total. The minimum atomic E-state index is -0.486. The van der Waals surface area contributed by atoms with E-state index in [1.165, 1.54) is 29.2 Å². The maximum Gasteiger partial charge on any atom is 0.256 e. The summed E-state index contributed by atoms with van der Waals surface area (Å²) < 4.78 is 27.2. The zero-order valence-electron chi connectivity index (χ0n) is 14.9. The number of aromatic amines is 1. The molecule has 1 aliphatic heterocycles.